The number of sulfonamides is 1. The van der Waals surface area contributed by atoms with Gasteiger partial charge in [0.1, 0.15) is 11.5 Å². The maximum Gasteiger partial charge on any atom is 0.243 e. The second kappa shape index (κ2) is 8.43. The number of pyridine rings is 1. The van der Waals surface area contributed by atoms with Crippen LogP contribution in [0.1, 0.15) is 31.2 Å². The van der Waals surface area contributed by atoms with Gasteiger partial charge in [0.2, 0.25) is 10.0 Å². The Bertz CT molecular complexity index is 930. The fourth-order valence-electron chi connectivity index (χ4n) is 3.58. The minimum absolute atomic E-state index is 0.306. The summed E-state index contributed by atoms with van der Waals surface area (Å²) in [7, 11) is -3.40. The monoisotopic (exact) mass is 399 g/mol. The molecule has 2 aromatic rings. The van der Waals surface area contributed by atoms with Gasteiger partial charge in [-0.05, 0) is 68.1 Å². The van der Waals surface area contributed by atoms with E-state index in [0.717, 1.165) is 31.4 Å². The number of nitrogens with one attached hydrogen (secondary N) is 1. The van der Waals surface area contributed by atoms with Crippen molar-refractivity contribution < 1.29 is 13.2 Å². The molecule has 0 radical (unpaired) electrons. The summed E-state index contributed by atoms with van der Waals surface area (Å²) in [5.41, 5.74) is 0.972. The van der Waals surface area contributed by atoms with E-state index in [1.165, 1.54) is 6.42 Å². The van der Waals surface area contributed by atoms with Crippen molar-refractivity contribution >= 4 is 16.1 Å². The molecular formula is C21H25N3O3S. The van der Waals surface area contributed by atoms with E-state index in [-0.39, 0.29) is 0 Å². The first-order valence-electron chi connectivity index (χ1n) is 9.76. The average Bonchev–Trinajstić information content (AvgIpc) is 3.41. The number of nitrogens with zero attached hydrogens (tertiary/aromatic N) is 2. The number of aromatic nitrogens is 1. The molecule has 0 saturated carbocycles. The summed E-state index contributed by atoms with van der Waals surface area (Å²) in [6, 6.07) is 8.93. The molecule has 2 saturated heterocycles. The molecule has 28 heavy (non-hydrogen) atoms. The molecule has 1 aromatic carbocycles. The molecule has 0 spiro atoms. The second-order valence-corrected chi connectivity index (χ2v) is 9.14. The SMILES string of the molecule is O=S(=O)(c1ccc(Oc2cncc(C=CC3CCCN3)c2)cc1)N1CCCC1. The van der Waals surface area contributed by atoms with Gasteiger partial charge in [-0.1, -0.05) is 12.2 Å². The van der Waals surface area contributed by atoms with Crippen molar-refractivity contribution in [2.75, 3.05) is 19.6 Å². The third-order valence-corrected chi connectivity index (χ3v) is 7.03. The second-order valence-electron chi connectivity index (χ2n) is 7.20. The van der Waals surface area contributed by atoms with E-state index in [4.69, 9.17) is 4.74 Å². The summed E-state index contributed by atoms with van der Waals surface area (Å²) < 4.78 is 32.6. The first-order chi connectivity index (χ1) is 13.6. The predicted octanol–water partition coefficient (Wildman–Crippen LogP) is 3.42. The molecule has 3 heterocycles. The van der Waals surface area contributed by atoms with Crippen molar-refractivity contribution in [3.8, 4) is 11.5 Å². The van der Waals surface area contributed by atoms with Crippen molar-refractivity contribution in [2.24, 2.45) is 0 Å². The van der Waals surface area contributed by atoms with Gasteiger partial charge in [0.25, 0.3) is 0 Å². The van der Waals surface area contributed by atoms with Gasteiger partial charge in [-0.15, -0.1) is 0 Å². The summed E-state index contributed by atoms with van der Waals surface area (Å²) >= 11 is 0. The molecule has 1 atom stereocenters. The van der Waals surface area contributed by atoms with Gasteiger partial charge >= 0.3 is 0 Å². The Kier molecular flexibility index (Phi) is 5.75. The lowest BCUT2D eigenvalue weighted by Crippen LogP contribution is -2.27. The first kappa shape index (κ1) is 19.1. The first-order valence-corrected chi connectivity index (χ1v) is 11.2. The summed E-state index contributed by atoms with van der Waals surface area (Å²) in [6.45, 7) is 2.27. The van der Waals surface area contributed by atoms with Gasteiger partial charge in [0, 0.05) is 25.3 Å². The smallest absolute Gasteiger partial charge is 0.243 e. The van der Waals surface area contributed by atoms with E-state index >= 15 is 0 Å². The van der Waals surface area contributed by atoms with Crippen LogP contribution in [0.5, 0.6) is 11.5 Å². The lowest BCUT2D eigenvalue weighted by molar-refractivity contribution is 0.474. The number of ether oxygens (including phenoxy) is 1. The van der Waals surface area contributed by atoms with Crippen molar-refractivity contribution in [1.29, 1.82) is 0 Å². The summed E-state index contributed by atoms with van der Waals surface area (Å²) in [5, 5.41) is 3.43. The standard InChI is InChI=1S/C21H25N3O3S/c25-28(26,24-12-1-2-13-24)21-9-7-19(8-10-21)27-20-14-17(15-22-16-20)5-6-18-4-3-11-23-18/h5-10,14-16,18,23H,1-4,11-13H2. The van der Waals surface area contributed by atoms with Crippen LogP contribution in [0.25, 0.3) is 6.08 Å². The number of rotatable bonds is 6. The van der Waals surface area contributed by atoms with Crippen molar-refractivity contribution in [3.63, 3.8) is 0 Å². The Morgan fingerprint density at radius 2 is 1.86 bits per heavy atom. The Labute approximate surface area is 166 Å². The molecule has 1 aromatic heterocycles. The third kappa shape index (κ3) is 4.43. The van der Waals surface area contributed by atoms with Gasteiger partial charge in [0.05, 0.1) is 11.1 Å². The van der Waals surface area contributed by atoms with Crippen molar-refractivity contribution in [3.05, 3.63) is 54.4 Å². The lowest BCUT2D eigenvalue weighted by Gasteiger charge is -2.15. The number of benzene rings is 1. The van der Waals surface area contributed by atoms with Crippen LogP contribution in [0.15, 0.2) is 53.7 Å². The average molecular weight is 400 g/mol. The fraction of sp³-hybridized carbons (Fsp3) is 0.381. The summed E-state index contributed by atoms with van der Waals surface area (Å²) in [5.74, 6) is 1.21. The molecule has 4 rings (SSSR count). The zero-order chi connectivity index (χ0) is 19.4. The van der Waals surface area contributed by atoms with E-state index in [1.54, 1.807) is 41.0 Å². The quantitative estimate of drug-likeness (QED) is 0.806. The topological polar surface area (TPSA) is 71.5 Å². The highest BCUT2D eigenvalue weighted by atomic mass is 32.2. The Morgan fingerprint density at radius 1 is 1.07 bits per heavy atom. The molecule has 148 valence electrons. The minimum atomic E-state index is -3.40. The van der Waals surface area contributed by atoms with E-state index in [0.29, 0.717) is 35.5 Å². The molecule has 6 nitrogen and oxygen atoms in total. The molecular weight excluding hydrogens is 374 g/mol. The molecule has 1 N–H and O–H groups in total. The molecule has 0 bridgehead atoms. The highest BCUT2D eigenvalue weighted by Gasteiger charge is 2.26. The largest absolute Gasteiger partial charge is 0.456 e. The molecule has 0 aliphatic carbocycles. The highest BCUT2D eigenvalue weighted by Crippen LogP contribution is 2.26. The van der Waals surface area contributed by atoms with Crippen LogP contribution < -0.4 is 10.1 Å². The molecule has 0 amide bonds. The number of hydrogen-bond acceptors (Lipinski definition) is 5. The van der Waals surface area contributed by atoms with E-state index in [2.05, 4.69) is 22.5 Å². The van der Waals surface area contributed by atoms with Gasteiger partial charge in [-0.3, -0.25) is 4.98 Å². The van der Waals surface area contributed by atoms with E-state index in [9.17, 15) is 8.42 Å². The molecule has 2 aliphatic heterocycles. The predicted molar refractivity (Wildman–Crippen MR) is 109 cm³/mol. The summed E-state index contributed by atoms with van der Waals surface area (Å²) in [6.07, 6.45) is 11.9. The molecule has 2 aliphatic rings. The van der Waals surface area contributed by atoms with Crippen LogP contribution in [0, 0.1) is 0 Å². The summed E-state index contributed by atoms with van der Waals surface area (Å²) in [4.78, 5) is 4.54. The molecule has 2 fully saturated rings. The van der Waals surface area contributed by atoms with Crippen molar-refractivity contribution in [1.82, 2.24) is 14.6 Å². The van der Waals surface area contributed by atoms with Gasteiger partial charge in [0.15, 0.2) is 0 Å². The van der Waals surface area contributed by atoms with E-state index in [1.807, 2.05) is 6.07 Å². The number of hydrogen-bond donors (Lipinski definition) is 1. The van der Waals surface area contributed by atoms with Crippen molar-refractivity contribution in [2.45, 2.75) is 36.6 Å². The normalized spacial score (nSPS) is 20.8. The lowest BCUT2D eigenvalue weighted by atomic mass is 10.2. The van der Waals surface area contributed by atoms with Gasteiger partial charge in [-0.25, -0.2) is 8.42 Å². The molecule has 7 heteroatoms. The maximum atomic E-state index is 12.6. The van der Waals surface area contributed by atoms with Crippen LogP contribution in [0.4, 0.5) is 0 Å². The Balaban J connectivity index is 1.43. The molecule has 1 unspecified atom stereocenters. The van der Waals surface area contributed by atoms with Gasteiger partial charge < -0.3 is 10.1 Å². The van der Waals surface area contributed by atoms with Crippen LogP contribution in [-0.4, -0.2) is 43.4 Å². The Hall–Kier alpha value is -2.22. The van der Waals surface area contributed by atoms with Gasteiger partial charge in [-0.2, -0.15) is 4.31 Å². The van der Waals surface area contributed by atoms with Crippen LogP contribution in [-0.2, 0) is 10.0 Å². The minimum Gasteiger partial charge on any atom is -0.456 e. The van der Waals surface area contributed by atoms with Crippen LogP contribution in [0.2, 0.25) is 0 Å². The van der Waals surface area contributed by atoms with Crippen LogP contribution >= 0.6 is 0 Å². The van der Waals surface area contributed by atoms with Crippen LogP contribution in [0.3, 0.4) is 0 Å². The third-order valence-electron chi connectivity index (χ3n) is 5.12. The zero-order valence-electron chi connectivity index (χ0n) is 15.8. The van der Waals surface area contributed by atoms with E-state index < -0.39 is 10.0 Å². The zero-order valence-corrected chi connectivity index (χ0v) is 16.6. The Morgan fingerprint density at radius 3 is 2.57 bits per heavy atom. The maximum absolute atomic E-state index is 12.6. The fourth-order valence-corrected chi connectivity index (χ4v) is 5.10. The highest BCUT2D eigenvalue weighted by molar-refractivity contribution is 7.89.